The lowest BCUT2D eigenvalue weighted by Crippen LogP contribution is -2.30. The average Bonchev–Trinajstić information content (AvgIpc) is 2.59. The van der Waals surface area contributed by atoms with Gasteiger partial charge in [-0.2, -0.15) is 4.98 Å². The first-order chi connectivity index (χ1) is 12.3. The van der Waals surface area contributed by atoms with E-state index in [1.54, 1.807) is 25.3 Å². The van der Waals surface area contributed by atoms with Crippen LogP contribution >= 0.6 is 27.5 Å². The number of aromatic nitrogens is 4. The molecule has 0 aliphatic rings. The van der Waals surface area contributed by atoms with Gasteiger partial charge in [0.15, 0.2) is 0 Å². The molecule has 0 bridgehead atoms. The van der Waals surface area contributed by atoms with Gasteiger partial charge in [-0.1, -0.05) is 0 Å². The SMILES string of the molecule is CCN(c1c(Nc2nc(Cl)ncc2Br)ccc2nccnc12)S(C)(=O)=O. The molecule has 136 valence electrons. The largest absolute Gasteiger partial charge is 0.337 e. The monoisotopic (exact) mass is 456 g/mol. The molecular weight excluding hydrogens is 444 g/mol. The molecule has 2 aromatic heterocycles. The summed E-state index contributed by atoms with van der Waals surface area (Å²) in [6.07, 6.45) is 5.72. The molecule has 1 N–H and O–H groups in total. The van der Waals surface area contributed by atoms with E-state index in [-0.39, 0.29) is 11.8 Å². The molecule has 1 aromatic carbocycles. The topological polar surface area (TPSA) is 101 Å². The van der Waals surface area contributed by atoms with E-state index in [4.69, 9.17) is 11.6 Å². The van der Waals surface area contributed by atoms with E-state index in [0.717, 1.165) is 6.26 Å². The number of benzene rings is 1. The number of rotatable bonds is 5. The van der Waals surface area contributed by atoms with Gasteiger partial charge in [-0.3, -0.25) is 14.3 Å². The van der Waals surface area contributed by atoms with E-state index in [0.29, 0.717) is 32.7 Å². The molecule has 0 saturated heterocycles. The zero-order valence-electron chi connectivity index (χ0n) is 13.8. The van der Waals surface area contributed by atoms with Gasteiger partial charge in [-0.25, -0.2) is 13.4 Å². The molecule has 0 saturated carbocycles. The second-order valence-corrected chi connectivity index (χ2v) is 8.37. The summed E-state index contributed by atoms with van der Waals surface area (Å²) in [4.78, 5) is 16.6. The van der Waals surface area contributed by atoms with Crippen LogP contribution in [0.15, 0.2) is 35.2 Å². The zero-order valence-corrected chi connectivity index (χ0v) is 17.0. The molecule has 0 fully saturated rings. The van der Waals surface area contributed by atoms with Crippen molar-refractivity contribution in [3.63, 3.8) is 0 Å². The van der Waals surface area contributed by atoms with Crippen LogP contribution in [0.1, 0.15) is 6.92 Å². The zero-order chi connectivity index (χ0) is 18.9. The molecule has 0 radical (unpaired) electrons. The Hall–Kier alpha value is -2.04. The molecule has 0 spiro atoms. The lowest BCUT2D eigenvalue weighted by molar-refractivity contribution is 0.598. The second kappa shape index (κ2) is 7.29. The van der Waals surface area contributed by atoms with E-state index >= 15 is 0 Å². The Balaban J connectivity index is 2.25. The van der Waals surface area contributed by atoms with Crippen molar-refractivity contribution in [3.05, 3.63) is 40.5 Å². The van der Waals surface area contributed by atoms with Gasteiger partial charge in [-0.05, 0) is 46.6 Å². The maximum Gasteiger partial charge on any atom is 0.232 e. The van der Waals surface area contributed by atoms with E-state index in [1.807, 2.05) is 0 Å². The summed E-state index contributed by atoms with van der Waals surface area (Å²) in [6.45, 7) is 1.98. The fraction of sp³-hybridized carbons (Fsp3) is 0.200. The molecule has 0 atom stereocenters. The molecule has 8 nitrogen and oxygen atoms in total. The Kier molecular flexibility index (Phi) is 5.26. The van der Waals surface area contributed by atoms with Crippen LogP contribution in [0.2, 0.25) is 5.28 Å². The Morgan fingerprint density at radius 2 is 1.96 bits per heavy atom. The molecule has 3 rings (SSSR count). The van der Waals surface area contributed by atoms with Crippen molar-refractivity contribution in [1.82, 2.24) is 19.9 Å². The van der Waals surface area contributed by atoms with Gasteiger partial charge in [-0.15, -0.1) is 0 Å². The van der Waals surface area contributed by atoms with E-state index in [2.05, 4.69) is 41.2 Å². The highest BCUT2D eigenvalue weighted by molar-refractivity contribution is 9.10. The van der Waals surface area contributed by atoms with Gasteiger partial charge >= 0.3 is 0 Å². The predicted octanol–water partition coefficient (Wildman–Crippen LogP) is 3.37. The summed E-state index contributed by atoms with van der Waals surface area (Å²) in [6, 6.07) is 3.48. The first-order valence-electron chi connectivity index (χ1n) is 7.47. The molecule has 2 heterocycles. The molecule has 0 amide bonds. The molecule has 0 unspecified atom stereocenters. The fourth-order valence-corrected chi connectivity index (χ4v) is 3.90. The third-order valence-electron chi connectivity index (χ3n) is 3.52. The summed E-state index contributed by atoms with van der Waals surface area (Å²) in [7, 11) is -3.54. The summed E-state index contributed by atoms with van der Waals surface area (Å²) >= 11 is 9.22. The van der Waals surface area contributed by atoms with Crippen LogP contribution in [0.25, 0.3) is 11.0 Å². The highest BCUT2D eigenvalue weighted by atomic mass is 79.9. The maximum absolute atomic E-state index is 12.3. The summed E-state index contributed by atoms with van der Waals surface area (Å²) < 4.78 is 26.5. The third-order valence-corrected chi connectivity index (χ3v) is 5.52. The maximum atomic E-state index is 12.3. The summed E-state index contributed by atoms with van der Waals surface area (Å²) in [5.74, 6) is 0.402. The van der Waals surface area contributed by atoms with Crippen molar-refractivity contribution in [3.8, 4) is 0 Å². The van der Waals surface area contributed by atoms with Crippen LogP contribution in [0.4, 0.5) is 17.2 Å². The number of fused-ring (bicyclic) bond motifs is 1. The lowest BCUT2D eigenvalue weighted by Gasteiger charge is -2.24. The van der Waals surface area contributed by atoms with Gasteiger partial charge in [0.1, 0.15) is 17.0 Å². The van der Waals surface area contributed by atoms with Crippen molar-refractivity contribution in [2.45, 2.75) is 6.92 Å². The van der Waals surface area contributed by atoms with Crippen LogP contribution in [-0.2, 0) is 10.0 Å². The lowest BCUT2D eigenvalue weighted by atomic mass is 10.2. The molecule has 26 heavy (non-hydrogen) atoms. The smallest absolute Gasteiger partial charge is 0.232 e. The Labute approximate surface area is 163 Å². The number of anilines is 3. The minimum absolute atomic E-state index is 0.0632. The van der Waals surface area contributed by atoms with Gasteiger partial charge in [0.05, 0.1) is 21.9 Å². The van der Waals surface area contributed by atoms with Crippen LogP contribution in [0, 0.1) is 0 Å². The highest BCUT2D eigenvalue weighted by Crippen LogP contribution is 2.36. The quantitative estimate of drug-likeness (QED) is 0.586. The van der Waals surface area contributed by atoms with Crippen molar-refractivity contribution >= 4 is 65.8 Å². The first kappa shape index (κ1) is 18.7. The minimum Gasteiger partial charge on any atom is -0.337 e. The second-order valence-electron chi connectivity index (χ2n) is 5.27. The predicted molar refractivity (Wildman–Crippen MR) is 105 cm³/mol. The summed E-state index contributed by atoms with van der Waals surface area (Å²) in [5, 5.41) is 3.17. The van der Waals surface area contributed by atoms with Gasteiger partial charge in [0.25, 0.3) is 0 Å². The highest BCUT2D eigenvalue weighted by Gasteiger charge is 2.23. The molecule has 3 aromatic rings. The van der Waals surface area contributed by atoms with Crippen LogP contribution in [-0.4, -0.2) is 41.2 Å². The van der Waals surface area contributed by atoms with E-state index in [9.17, 15) is 8.42 Å². The standard InChI is InChI=1S/C15H14BrClN6O2S/c1-3-23(26(2,24)25)13-11(5-4-10-12(13)19-7-6-18-10)21-14-9(16)8-20-15(17)22-14/h4-8H,3H2,1-2H3,(H,20,21,22). The third kappa shape index (κ3) is 3.71. The van der Waals surface area contributed by atoms with Crippen LogP contribution < -0.4 is 9.62 Å². The van der Waals surface area contributed by atoms with Crippen LogP contribution in [0.3, 0.4) is 0 Å². The number of nitrogens with one attached hydrogen (secondary N) is 1. The normalized spacial score (nSPS) is 11.5. The number of nitrogens with zero attached hydrogens (tertiary/aromatic N) is 5. The van der Waals surface area contributed by atoms with Crippen LogP contribution in [0.5, 0.6) is 0 Å². The molecule has 0 aliphatic heterocycles. The number of halogens is 2. The first-order valence-corrected chi connectivity index (χ1v) is 10.5. The molecule has 0 aliphatic carbocycles. The summed E-state index contributed by atoms with van der Waals surface area (Å²) in [5.41, 5.74) is 1.93. The minimum atomic E-state index is -3.54. The fourth-order valence-electron chi connectivity index (χ4n) is 2.49. The van der Waals surface area contributed by atoms with Crippen molar-refractivity contribution in [2.75, 3.05) is 22.4 Å². The van der Waals surface area contributed by atoms with Crippen molar-refractivity contribution in [1.29, 1.82) is 0 Å². The Morgan fingerprint density at radius 3 is 2.65 bits per heavy atom. The van der Waals surface area contributed by atoms with Gasteiger partial charge in [0, 0.05) is 25.1 Å². The van der Waals surface area contributed by atoms with E-state index < -0.39 is 10.0 Å². The molecular formula is C15H14BrClN6O2S. The number of hydrogen-bond acceptors (Lipinski definition) is 7. The van der Waals surface area contributed by atoms with E-state index in [1.165, 1.54) is 16.7 Å². The average molecular weight is 458 g/mol. The Bertz CT molecular complexity index is 1080. The number of sulfonamides is 1. The van der Waals surface area contributed by atoms with Gasteiger partial charge in [0.2, 0.25) is 15.3 Å². The Morgan fingerprint density at radius 1 is 1.23 bits per heavy atom. The van der Waals surface area contributed by atoms with Crippen molar-refractivity contribution in [2.24, 2.45) is 0 Å². The number of hydrogen-bond donors (Lipinski definition) is 1. The van der Waals surface area contributed by atoms with Gasteiger partial charge < -0.3 is 5.32 Å². The van der Waals surface area contributed by atoms with Crippen molar-refractivity contribution < 1.29 is 8.42 Å². The molecule has 11 heteroatoms.